The number of benzene rings is 1. The Morgan fingerprint density at radius 1 is 1.40 bits per heavy atom. The lowest BCUT2D eigenvalue weighted by Crippen LogP contribution is -2.32. The maximum atomic E-state index is 13.2. The summed E-state index contributed by atoms with van der Waals surface area (Å²) in [4.78, 5) is 23.4. The van der Waals surface area contributed by atoms with E-state index in [0.717, 1.165) is 0 Å². The van der Waals surface area contributed by atoms with E-state index in [2.05, 4.69) is 6.58 Å². The lowest BCUT2D eigenvalue weighted by molar-refractivity contribution is -0.385. The highest BCUT2D eigenvalue weighted by molar-refractivity contribution is 5.98. The molecule has 0 N–H and O–H groups in total. The van der Waals surface area contributed by atoms with Crippen LogP contribution in [0.2, 0.25) is 0 Å². The second-order valence-corrected chi connectivity index (χ2v) is 4.32. The standard InChI is InChI=1S/C13H14F2N2O3/c1-4-16(7-8(2)3)13(18)9-5-10(14)11(15)6-12(9)17(19)20/h5-6H,2,4,7H2,1,3H3. The van der Waals surface area contributed by atoms with Gasteiger partial charge in [0, 0.05) is 13.1 Å². The van der Waals surface area contributed by atoms with Crippen LogP contribution in [0.1, 0.15) is 24.2 Å². The van der Waals surface area contributed by atoms with Crippen LogP contribution in [0, 0.1) is 21.7 Å². The summed E-state index contributed by atoms with van der Waals surface area (Å²) < 4.78 is 26.3. The summed E-state index contributed by atoms with van der Waals surface area (Å²) >= 11 is 0. The molecule has 0 aliphatic carbocycles. The molecule has 1 aromatic rings. The van der Waals surface area contributed by atoms with E-state index in [1.807, 2.05) is 0 Å². The number of nitro benzene ring substituents is 1. The molecule has 0 bridgehead atoms. The van der Waals surface area contributed by atoms with Gasteiger partial charge in [-0.1, -0.05) is 12.2 Å². The molecule has 0 saturated carbocycles. The Bertz CT molecular complexity index is 573. The molecule has 0 aromatic heterocycles. The van der Waals surface area contributed by atoms with Crippen molar-refractivity contribution in [1.82, 2.24) is 4.90 Å². The van der Waals surface area contributed by atoms with E-state index in [4.69, 9.17) is 0 Å². The average molecular weight is 284 g/mol. The topological polar surface area (TPSA) is 63.5 Å². The quantitative estimate of drug-likeness (QED) is 0.474. The lowest BCUT2D eigenvalue weighted by Gasteiger charge is -2.20. The Hall–Kier alpha value is -2.31. The molecular formula is C13H14F2N2O3. The van der Waals surface area contributed by atoms with Crippen LogP contribution in [0.4, 0.5) is 14.5 Å². The van der Waals surface area contributed by atoms with E-state index in [1.54, 1.807) is 13.8 Å². The number of hydrogen-bond donors (Lipinski definition) is 0. The van der Waals surface area contributed by atoms with Gasteiger partial charge in [-0.15, -0.1) is 0 Å². The highest BCUT2D eigenvalue weighted by Crippen LogP contribution is 2.24. The number of carbonyl (C=O) groups excluding carboxylic acids is 1. The van der Waals surface area contributed by atoms with Crippen molar-refractivity contribution in [1.29, 1.82) is 0 Å². The van der Waals surface area contributed by atoms with E-state index >= 15 is 0 Å². The summed E-state index contributed by atoms with van der Waals surface area (Å²) in [6.45, 7) is 7.46. The summed E-state index contributed by atoms with van der Waals surface area (Å²) in [7, 11) is 0. The highest BCUT2D eigenvalue weighted by atomic mass is 19.2. The smallest absolute Gasteiger partial charge is 0.285 e. The maximum Gasteiger partial charge on any atom is 0.285 e. The fraction of sp³-hybridized carbons (Fsp3) is 0.308. The largest absolute Gasteiger partial charge is 0.335 e. The molecule has 1 amide bonds. The number of likely N-dealkylation sites (N-methyl/N-ethyl adjacent to an activating group) is 1. The number of hydrogen-bond acceptors (Lipinski definition) is 3. The summed E-state index contributed by atoms with van der Waals surface area (Å²) in [5, 5.41) is 10.9. The second-order valence-electron chi connectivity index (χ2n) is 4.32. The third kappa shape index (κ3) is 3.37. The molecule has 0 radical (unpaired) electrons. The third-order valence-corrected chi connectivity index (χ3v) is 2.60. The second kappa shape index (κ2) is 6.23. The van der Waals surface area contributed by atoms with Gasteiger partial charge in [-0.05, 0) is 19.9 Å². The van der Waals surface area contributed by atoms with E-state index in [0.29, 0.717) is 17.7 Å². The van der Waals surface area contributed by atoms with Gasteiger partial charge in [-0.2, -0.15) is 0 Å². The predicted octanol–water partition coefficient (Wildman–Crippen LogP) is 2.91. The Morgan fingerprint density at radius 3 is 2.40 bits per heavy atom. The van der Waals surface area contributed by atoms with Gasteiger partial charge in [0.05, 0.1) is 11.0 Å². The average Bonchev–Trinajstić information content (AvgIpc) is 2.37. The molecule has 0 spiro atoms. The SMILES string of the molecule is C=C(C)CN(CC)C(=O)c1cc(F)c(F)cc1[N+](=O)[O-]. The molecule has 0 atom stereocenters. The van der Waals surface area contributed by atoms with Crippen molar-refractivity contribution in [2.45, 2.75) is 13.8 Å². The van der Waals surface area contributed by atoms with Gasteiger partial charge in [-0.25, -0.2) is 8.78 Å². The van der Waals surface area contributed by atoms with Crippen molar-refractivity contribution in [2.75, 3.05) is 13.1 Å². The van der Waals surface area contributed by atoms with Gasteiger partial charge in [0.2, 0.25) is 0 Å². The Labute approximate surface area is 114 Å². The van der Waals surface area contributed by atoms with Crippen molar-refractivity contribution >= 4 is 11.6 Å². The highest BCUT2D eigenvalue weighted by Gasteiger charge is 2.26. The van der Waals surface area contributed by atoms with E-state index < -0.39 is 33.7 Å². The first-order valence-corrected chi connectivity index (χ1v) is 5.85. The number of rotatable bonds is 5. The normalized spacial score (nSPS) is 10.2. The summed E-state index contributed by atoms with van der Waals surface area (Å²) in [5.41, 5.74) is -0.559. The predicted molar refractivity (Wildman–Crippen MR) is 69.4 cm³/mol. The van der Waals surface area contributed by atoms with Crippen molar-refractivity contribution in [3.05, 3.63) is 51.6 Å². The van der Waals surface area contributed by atoms with Crippen molar-refractivity contribution < 1.29 is 18.5 Å². The zero-order chi connectivity index (χ0) is 15.4. The molecule has 0 saturated heterocycles. The van der Waals surface area contributed by atoms with Gasteiger partial charge in [0.1, 0.15) is 5.56 Å². The van der Waals surface area contributed by atoms with Crippen LogP contribution < -0.4 is 0 Å². The van der Waals surface area contributed by atoms with Crippen LogP contribution in [0.5, 0.6) is 0 Å². The zero-order valence-corrected chi connectivity index (χ0v) is 11.2. The molecular weight excluding hydrogens is 270 g/mol. The number of nitrogens with zero attached hydrogens (tertiary/aromatic N) is 2. The molecule has 5 nitrogen and oxygen atoms in total. The first-order valence-electron chi connectivity index (χ1n) is 5.85. The van der Waals surface area contributed by atoms with Crippen LogP contribution in [0.25, 0.3) is 0 Å². The van der Waals surface area contributed by atoms with Crippen molar-refractivity contribution in [3.63, 3.8) is 0 Å². The number of halogens is 2. The fourth-order valence-corrected chi connectivity index (χ4v) is 1.68. The van der Waals surface area contributed by atoms with Crippen molar-refractivity contribution in [2.24, 2.45) is 0 Å². The monoisotopic (exact) mass is 284 g/mol. The number of amides is 1. The zero-order valence-electron chi connectivity index (χ0n) is 11.2. The van der Waals surface area contributed by atoms with Crippen LogP contribution in [0.3, 0.4) is 0 Å². The Kier molecular flexibility index (Phi) is 4.90. The third-order valence-electron chi connectivity index (χ3n) is 2.60. The first-order chi connectivity index (χ1) is 9.27. The van der Waals surface area contributed by atoms with Crippen LogP contribution in [-0.2, 0) is 0 Å². The van der Waals surface area contributed by atoms with Gasteiger partial charge in [-0.3, -0.25) is 14.9 Å². The molecule has 0 aliphatic rings. The molecule has 1 rings (SSSR count). The number of carbonyl (C=O) groups is 1. The minimum absolute atomic E-state index is 0.186. The fourth-order valence-electron chi connectivity index (χ4n) is 1.68. The molecule has 0 aliphatic heterocycles. The summed E-state index contributed by atoms with van der Waals surface area (Å²) in [5.74, 6) is -3.40. The molecule has 0 unspecified atom stereocenters. The van der Waals surface area contributed by atoms with Crippen molar-refractivity contribution in [3.8, 4) is 0 Å². The summed E-state index contributed by atoms with van der Waals surface area (Å²) in [6.07, 6.45) is 0. The number of nitro groups is 1. The minimum Gasteiger partial charge on any atom is -0.335 e. The Balaban J connectivity index is 3.29. The van der Waals surface area contributed by atoms with Gasteiger partial charge >= 0.3 is 0 Å². The van der Waals surface area contributed by atoms with Gasteiger partial charge in [0.15, 0.2) is 11.6 Å². The Morgan fingerprint density at radius 2 is 1.95 bits per heavy atom. The van der Waals surface area contributed by atoms with Gasteiger partial charge in [0.25, 0.3) is 11.6 Å². The molecule has 0 heterocycles. The molecule has 108 valence electrons. The van der Waals surface area contributed by atoms with Crippen LogP contribution >= 0.6 is 0 Å². The molecule has 0 fully saturated rings. The van der Waals surface area contributed by atoms with E-state index in [9.17, 15) is 23.7 Å². The van der Waals surface area contributed by atoms with Crippen LogP contribution in [0.15, 0.2) is 24.3 Å². The summed E-state index contributed by atoms with van der Waals surface area (Å²) in [6, 6.07) is 0.966. The molecule has 20 heavy (non-hydrogen) atoms. The van der Waals surface area contributed by atoms with E-state index in [-0.39, 0.29) is 13.1 Å². The molecule has 7 heteroatoms. The lowest BCUT2D eigenvalue weighted by atomic mass is 10.1. The van der Waals surface area contributed by atoms with E-state index in [1.165, 1.54) is 4.90 Å². The van der Waals surface area contributed by atoms with Crippen LogP contribution in [-0.4, -0.2) is 28.8 Å². The molecule has 1 aromatic carbocycles. The van der Waals surface area contributed by atoms with Gasteiger partial charge < -0.3 is 4.90 Å². The minimum atomic E-state index is -1.36. The maximum absolute atomic E-state index is 13.2. The first kappa shape index (κ1) is 15.7.